The predicted octanol–water partition coefficient (Wildman–Crippen LogP) is 7.42. The molecule has 0 bridgehead atoms. The molecule has 0 aliphatic heterocycles. The minimum absolute atomic E-state index is 0.119. The molecule has 1 atom stereocenters. The Balaban J connectivity index is 1.80. The molecule has 1 heterocycles. The normalized spacial score (nSPS) is 12.5. The highest BCUT2D eigenvalue weighted by Crippen LogP contribution is 2.34. The van der Waals surface area contributed by atoms with Gasteiger partial charge in [0.2, 0.25) is 0 Å². The Bertz CT molecular complexity index is 1240. The summed E-state index contributed by atoms with van der Waals surface area (Å²) in [6.07, 6.45) is 4.02. The van der Waals surface area contributed by atoms with Crippen molar-refractivity contribution in [2.75, 3.05) is 0 Å². The molecule has 0 aliphatic carbocycles. The smallest absolute Gasteiger partial charge is 0.150 e. The highest BCUT2D eigenvalue weighted by Gasteiger charge is 2.19. The number of benzene rings is 3. The van der Waals surface area contributed by atoms with Crippen LogP contribution >= 0.6 is 11.6 Å². The van der Waals surface area contributed by atoms with Crippen molar-refractivity contribution < 1.29 is 4.79 Å². The van der Waals surface area contributed by atoms with Gasteiger partial charge in [0.1, 0.15) is 6.29 Å². The first-order valence-corrected chi connectivity index (χ1v) is 11.0. The molecule has 3 aromatic carbocycles. The van der Waals surface area contributed by atoms with Crippen LogP contribution in [0.5, 0.6) is 0 Å². The third-order valence-corrected chi connectivity index (χ3v) is 6.16. The van der Waals surface area contributed by atoms with E-state index in [-0.39, 0.29) is 6.04 Å². The summed E-state index contributed by atoms with van der Waals surface area (Å²) in [5, 5.41) is 6.86. The second-order valence-electron chi connectivity index (χ2n) is 8.67. The van der Waals surface area contributed by atoms with Gasteiger partial charge in [-0.1, -0.05) is 61.8 Å². The maximum Gasteiger partial charge on any atom is 0.150 e. The quantitative estimate of drug-likeness (QED) is 0.298. The van der Waals surface area contributed by atoms with Gasteiger partial charge in [0.15, 0.2) is 0 Å². The zero-order valence-corrected chi connectivity index (χ0v) is 19.1. The van der Waals surface area contributed by atoms with Crippen molar-refractivity contribution in [1.29, 1.82) is 0 Å². The van der Waals surface area contributed by atoms with Gasteiger partial charge in [-0.3, -0.25) is 9.48 Å². The Labute approximate surface area is 188 Å². The van der Waals surface area contributed by atoms with Crippen LogP contribution in [0.25, 0.3) is 22.0 Å². The van der Waals surface area contributed by atoms with Crippen LogP contribution in [0.15, 0.2) is 60.8 Å². The third kappa shape index (κ3) is 4.28. The first kappa shape index (κ1) is 21.3. The van der Waals surface area contributed by atoms with Crippen LogP contribution in [0, 0.1) is 19.8 Å². The third-order valence-electron chi connectivity index (χ3n) is 5.93. The molecule has 4 rings (SSSR count). The Hall–Kier alpha value is -2.91. The molecular weight excluding hydrogens is 404 g/mol. The van der Waals surface area contributed by atoms with Crippen molar-refractivity contribution in [3.63, 3.8) is 0 Å². The average molecular weight is 431 g/mol. The van der Waals surface area contributed by atoms with E-state index < -0.39 is 0 Å². The Morgan fingerprint density at radius 3 is 2.35 bits per heavy atom. The van der Waals surface area contributed by atoms with Crippen molar-refractivity contribution >= 4 is 28.8 Å². The highest BCUT2D eigenvalue weighted by molar-refractivity contribution is 6.30. The molecule has 0 saturated carbocycles. The number of aryl methyl sites for hydroxylation is 2. The lowest BCUT2D eigenvalue weighted by atomic mass is 9.94. The van der Waals surface area contributed by atoms with Crippen LogP contribution in [0.4, 0.5) is 0 Å². The Morgan fingerprint density at radius 2 is 1.71 bits per heavy atom. The largest absolute Gasteiger partial charge is 0.298 e. The maximum atomic E-state index is 11.1. The average Bonchev–Trinajstić information content (AvgIpc) is 3.18. The van der Waals surface area contributed by atoms with Gasteiger partial charge in [0.05, 0.1) is 11.6 Å². The molecule has 4 aromatic rings. The topological polar surface area (TPSA) is 34.9 Å². The summed E-state index contributed by atoms with van der Waals surface area (Å²) in [6, 6.07) is 18.3. The Morgan fingerprint density at radius 1 is 1.00 bits per heavy atom. The van der Waals surface area contributed by atoms with Gasteiger partial charge in [-0.15, -0.1) is 0 Å². The minimum atomic E-state index is 0.119. The lowest BCUT2D eigenvalue weighted by Crippen LogP contribution is -2.14. The molecule has 0 amide bonds. The van der Waals surface area contributed by atoms with E-state index in [0.29, 0.717) is 11.5 Å². The fraction of sp³-hybridized carbons (Fsp3) is 0.259. The monoisotopic (exact) mass is 430 g/mol. The molecule has 158 valence electrons. The molecule has 0 spiro atoms. The molecule has 1 aromatic heterocycles. The molecule has 0 radical (unpaired) electrons. The van der Waals surface area contributed by atoms with E-state index in [1.54, 1.807) is 0 Å². The van der Waals surface area contributed by atoms with E-state index in [0.717, 1.165) is 34.2 Å². The second kappa shape index (κ2) is 8.68. The number of carbonyl (C=O) groups excluding carboxylic acids is 1. The molecular formula is C27H27ClN2O. The lowest BCUT2D eigenvalue weighted by molar-refractivity contribution is 0.112. The van der Waals surface area contributed by atoms with Crippen LogP contribution in [0.3, 0.4) is 0 Å². The van der Waals surface area contributed by atoms with Gasteiger partial charge < -0.3 is 0 Å². The van der Waals surface area contributed by atoms with Crippen LogP contribution in [0.2, 0.25) is 5.02 Å². The maximum absolute atomic E-state index is 11.1. The van der Waals surface area contributed by atoms with E-state index in [1.807, 2.05) is 36.4 Å². The second-order valence-corrected chi connectivity index (χ2v) is 9.11. The number of fused-ring (bicyclic) bond motifs is 1. The molecule has 1 unspecified atom stereocenters. The fourth-order valence-electron chi connectivity index (χ4n) is 4.27. The zero-order valence-electron chi connectivity index (χ0n) is 18.4. The summed E-state index contributed by atoms with van der Waals surface area (Å²) in [5.41, 5.74) is 7.63. The van der Waals surface area contributed by atoms with Crippen LogP contribution in [-0.4, -0.2) is 16.1 Å². The van der Waals surface area contributed by atoms with E-state index in [1.165, 1.54) is 22.3 Å². The molecule has 3 nitrogen and oxygen atoms in total. The number of aromatic nitrogens is 2. The van der Waals surface area contributed by atoms with Gasteiger partial charge in [0.25, 0.3) is 0 Å². The molecule has 0 N–H and O–H groups in total. The number of halogens is 1. The summed E-state index contributed by atoms with van der Waals surface area (Å²) in [7, 11) is 0. The number of carbonyl (C=O) groups is 1. The summed E-state index contributed by atoms with van der Waals surface area (Å²) in [5.74, 6) is 0.511. The van der Waals surface area contributed by atoms with Crippen molar-refractivity contribution in [2.45, 2.75) is 40.2 Å². The molecule has 0 fully saturated rings. The minimum Gasteiger partial charge on any atom is -0.298 e. The predicted molar refractivity (Wildman–Crippen MR) is 129 cm³/mol. The van der Waals surface area contributed by atoms with E-state index in [9.17, 15) is 4.79 Å². The molecule has 31 heavy (non-hydrogen) atoms. The van der Waals surface area contributed by atoms with Crippen molar-refractivity contribution in [3.05, 3.63) is 88.1 Å². The molecule has 0 saturated heterocycles. The number of hydrogen-bond acceptors (Lipinski definition) is 2. The van der Waals surface area contributed by atoms with Crippen molar-refractivity contribution in [2.24, 2.45) is 5.92 Å². The number of aldehydes is 1. The van der Waals surface area contributed by atoms with Crippen LogP contribution in [-0.2, 0) is 0 Å². The number of nitrogens with zero attached hydrogens (tertiary/aromatic N) is 2. The van der Waals surface area contributed by atoms with Gasteiger partial charge in [-0.2, -0.15) is 5.10 Å². The lowest BCUT2D eigenvalue weighted by Gasteiger charge is -2.20. The highest BCUT2D eigenvalue weighted by atomic mass is 35.5. The van der Waals surface area contributed by atoms with Gasteiger partial charge >= 0.3 is 0 Å². The summed E-state index contributed by atoms with van der Waals surface area (Å²) >= 11 is 6.16. The van der Waals surface area contributed by atoms with Crippen molar-refractivity contribution in [3.8, 4) is 11.1 Å². The molecule has 4 heteroatoms. The van der Waals surface area contributed by atoms with Crippen LogP contribution in [0.1, 0.15) is 53.4 Å². The van der Waals surface area contributed by atoms with E-state index >= 15 is 0 Å². The number of hydrogen-bond donors (Lipinski definition) is 0. The van der Waals surface area contributed by atoms with Crippen molar-refractivity contribution in [1.82, 2.24) is 9.78 Å². The summed E-state index contributed by atoms with van der Waals surface area (Å²) in [6.45, 7) is 8.70. The SMILES string of the molecule is Cc1cc(Cl)ccc1-c1ccc2nn(C(CC(C)C)c3ccc(C=O)cc3)cc2c1C. The zero-order chi connectivity index (χ0) is 22.1. The van der Waals surface area contributed by atoms with Gasteiger partial charge in [-0.25, -0.2) is 0 Å². The van der Waals surface area contributed by atoms with E-state index in [2.05, 4.69) is 56.8 Å². The first-order valence-electron chi connectivity index (χ1n) is 10.7. The summed E-state index contributed by atoms with van der Waals surface area (Å²) < 4.78 is 2.09. The first-order chi connectivity index (χ1) is 14.9. The Kier molecular flexibility index (Phi) is 5.97. The molecule has 0 aliphatic rings. The van der Waals surface area contributed by atoms with Gasteiger partial charge in [0, 0.05) is 22.2 Å². The standard InChI is InChI=1S/C27H27ClN2O/c1-17(2)13-27(21-7-5-20(16-31)6-8-21)30-15-25-19(4)24(11-12-26(25)29-30)23-10-9-22(28)14-18(23)3/h5-12,14-17,27H,13H2,1-4H3. The van der Waals surface area contributed by atoms with E-state index in [4.69, 9.17) is 16.7 Å². The summed E-state index contributed by atoms with van der Waals surface area (Å²) in [4.78, 5) is 11.1. The van der Waals surface area contributed by atoms with Crippen LogP contribution < -0.4 is 0 Å². The number of rotatable bonds is 6. The fourth-order valence-corrected chi connectivity index (χ4v) is 4.50. The van der Waals surface area contributed by atoms with Gasteiger partial charge in [-0.05, 0) is 72.2 Å².